The van der Waals surface area contributed by atoms with E-state index in [0.29, 0.717) is 30.0 Å². The highest BCUT2D eigenvalue weighted by molar-refractivity contribution is 6.06. The summed E-state index contributed by atoms with van der Waals surface area (Å²) < 4.78 is 33.9. The van der Waals surface area contributed by atoms with Gasteiger partial charge < -0.3 is 19.9 Å². The molecule has 0 radical (unpaired) electrons. The second-order valence-corrected chi connectivity index (χ2v) is 10.9. The molecule has 2 saturated heterocycles. The summed E-state index contributed by atoms with van der Waals surface area (Å²) in [5.41, 5.74) is 0.482. The Balaban J connectivity index is 1.71. The molecule has 9 nitrogen and oxygen atoms in total. The first-order valence-electron chi connectivity index (χ1n) is 12.6. The zero-order valence-corrected chi connectivity index (χ0v) is 21.9. The second kappa shape index (κ2) is 10.2. The number of amides is 2. The largest absolute Gasteiger partial charge is 0.444 e. The first kappa shape index (κ1) is 26.7. The maximum Gasteiger partial charge on any atom is 0.410 e. The second-order valence-electron chi connectivity index (χ2n) is 10.9. The molecule has 1 unspecified atom stereocenters. The van der Waals surface area contributed by atoms with E-state index in [1.165, 1.54) is 23.5 Å². The van der Waals surface area contributed by atoms with Crippen molar-refractivity contribution >= 4 is 23.5 Å². The van der Waals surface area contributed by atoms with Crippen LogP contribution in [0.3, 0.4) is 0 Å². The zero-order valence-electron chi connectivity index (χ0n) is 21.9. The molecular formula is C26H34F2N6O3. The summed E-state index contributed by atoms with van der Waals surface area (Å²) in [6.07, 6.45) is 5.03. The minimum absolute atomic E-state index is 0.0962. The first-order chi connectivity index (χ1) is 17.3. The number of carbonyl (C=O) groups is 2. The summed E-state index contributed by atoms with van der Waals surface area (Å²) in [6, 6.07) is 1.31. The maximum absolute atomic E-state index is 14.1. The number of nitrogens with zero attached hydrogens (tertiary/aromatic N) is 5. The van der Waals surface area contributed by atoms with Crippen LogP contribution < -0.4 is 10.2 Å². The minimum atomic E-state index is -2.85. The minimum Gasteiger partial charge on any atom is -0.444 e. The number of pyridine rings is 1. The highest BCUT2D eigenvalue weighted by atomic mass is 19.3. The summed E-state index contributed by atoms with van der Waals surface area (Å²) in [4.78, 5) is 42.3. The highest BCUT2D eigenvalue weighted by Gasteiger charge is 2.41. The molecule has 2 aliphatic rings. The molecule has 11 heteroatoms. The van der Waals surface area contributed by atoms with Crippen molar-refractivity contribution in [2.24, 2.45) is 0 Å². The molecule has 0 saturated carbocycles. The van der Waals surface area contributed by atoms with Gasteiger partial charge in [-0.05, 0) is 39.7 Å². The Morgan fingerprint density at radius 2 is 1.86 bits per heavy atom. The number of ether oxygens (including phenoxy) is 1. The van der Waals surface area contributed by atoms with Gasteiger partial charge >= 0.3 is 6.09 Å². The lowest BCUT2D eigenvalue weighted by atomic mass is 10.0. The third-order valence-electron chi connectivity index (χ3n) is 6.36. The quantitative estimate of drug-likeness (QED) is 0.586. The Labute approximate surface area is 215 Å². The van der Waals surface area contributed by atoms with E-state index >= 15 is 0 Å². The van der Waals surface area contributed by atoms with Gasteiger partial charge in [-0.1, -0.05) is 13.8 Å². The molecule has 0 bridgehead atoms. The van der Waals surface area contributed by atoms with Crippen molar-refractivity contribution < 1.29 is 23.1 Å². The van der Waals surface area contributed by atoms with Crippen molar-refractivity contribution in [2.45, 2.75) is 77.4 Å². The fraction of sp³-hybridized carbons (Fsp3) is 0.577. The average Bonchev–Trinajstić information content (AvgIpc) is 3.44. The molecule has 2 aromatic heterocycles. The molecule has 0 aliphatic carbocycles. The van der Waals surface area contributed by atoms with E-state index in [-0.39, 0.29) is 30.3 Å². The summed E-state index contributed by atoms with van der Waals surface area (Å²) in [7, 11) is 0. The molecule has 4 rings (SSSR count). The van der Waals surface area contributed by atoms with Gasteiger partial charge in [0.25, 0.3) is 11.8 Å². The predicted octanol–water partition coefficient (Wildman–Crippen LogP) is 5.16. The van der Waals surface area contributed by atoms with Crippen LogP contribution in [0.1, 0.15) is 87.6 Å². The SMILES string of the molecule is CC(C)c1ncc(C(=O)Nc2c(C3CCCN3C(=O)OC(C)(C)C)ccnc2N2CCC(F)(F)C2)cn1. The number of aromatic nitrogens is 3. The van der Waals surface area contributed by atoms with Crippen molar-refractivity contribution in [1.82, 2.24) is 19.9 Å². The van der Waals surface area contributed by atoms with Gasteiger partial charge in [-0.25, -0.2) is 28.5 Å². The maximum atomic E-state index is 14.1. The Morgan fingerprint density at radius 1 is 1.16 bits per heavy atom. The fourth-order valence-corrected chi connectivity index (χ4v) is 4.60. The van der Waals surface area contributed by atoms with Crippen LogP contribution in [0.15, 0.2) is 24.7 Å². The zero-order chi connectivity index (χ0) is 27.0. The van der Waals surface area contributed by atoms with Gasteiger partial charge in [-0.2, -0.15) is 0 Å². The van der Waals surface area contributed by atoms with E-state index in [2.05, 4.69) is 20.3 Å². The smallest absolute Gasteiger partial charge is 0.410 e. The van der Waals surface area contributed by atoms with Crippen molar-refractivity contribution in [3.05, 3.63) is 41.6 Å². The van der Waals surface area contributed by atoms with Gasteiger partial charge in [0.1, 0.15) is 11.4 Å². The number of hydrogen-bond donors (Lipinski definition) is 1. The number of carbonyl (C=O) groups excluding carboxylic acids is 2. The summed E-state index contributed by atoms with van der Waals surface area (Å²) in [6.45, 7) is 9.38. The number of rotatable bonds is 5. The lowest BCUT2D eigenvalue weighted by Crippen LogP contribution is -2.37. The number of likely N-dealkylation sites (tertiary alicyclic amines) is 1. The third kappa shape index (κ3) is 6.14. The Hall–Kier alpha value is -3.37. The molecule has 2 aliphatic heterocycles. The monoisotopic (exact) mass is 516 g/mol. The number of halogens is 2. The van der Waals surface area contributed by atoms with Gasteiger partial charge in [0.15, 0.2) is 5.82 Å². The van der Waals surface area contributed by atoms with Crippen molar-refractivity contribution in [3.63, 3.8) is 0 Å². The molecule has 1 atom stereocenters. The van der Waals surface area contributed by atoms with Crippen LogP contribution in [0, 0.1) is 0 Å². The van der Waals surface area contributed by atoms with Crippen molar-refractivity contribution in [3.8, 4) is 0 Å². The van der Waals surface area contributed by atoms with E-state index in [1.54, 1.807) is 31.7 Å². The van der Waals surface area contributed by atoms with Crippen LogP contribution >= 0.6 is 0 Å². The Morgan fingerprint density at radius 3 is 2.46 bits per heavy atom. The van der Waals surface area contributed by atoms with Crippen LogP contribution in [0.5, 0.6) is 0 Å². The van der Waals surface area contributed by atoms with Crippen molar-refractivity contribution in [2.75, 3.05) is 29.9 Å². The van der Waals surface area contributed by atoms with Gasteiger partial charge in [0.2, 0.25) is 0 Å². The number of anilines is 2. The molecule has 2 fully saturated rings. The molecule has 2 aromatic rings. The molecule has 200 valence electrons. The standard InChI is InChI=1S/C26H34F2N6O3/c1-16(2)21-30-13-17(14-31-21)23(35)32-20-18(8-10-29-22(20)33-12-9-26(27,28)15-33)19-7-6-11-34(19)24(36)37-25(3,4)5/h8,10,13-14,16,19H,6-7,9,11-12,15H2,1-5H3,(H,32,35). The highest BCUT2D eigenvalue weighted by Crippen LogP contribution is 2.42. The van der Waals surface area contributed by atoms with Gasteiger partial charge in [-0.15, -0.1) is 0 Å². The van der Waals surface area contributed by atoms with Gasteiger partial charge in [0, 0.05) is 49.6 Å². The summed E-state index contributed by atoms with van der Waals surface area (Å²) in [5.74, 6) is -2.38. The number of nitrogens with one attached hydrogen (secondary N) is 1. The van der Waals surface area contributed by atoms with Crippen LogP contribution in [0.25, 0.3) is 0 Å². The van der Waals surface area contributed by atoms with Gasteiger partial charge in [-0.3, -0.25) is 4.79 Å². The topological polar surface area (TPSA) is 101 Å². The lowest BCUT2D eigenvalue weighted by molar-refractivity contribution is 0.0223. The first-order valence-corrected chi connectivity index (χ1v) is 12.6. The van der Waals surface area contributed by atoms with Crippen LogP contribution in [-0.4, -0.2) is 63.0 Å². The Kier molecular flexibility index (Phi) is 7.34. The summed E-state index contributed by atoms with van der Waals surface area (Å²) in [5, 5.41) is 2.89. The van der Waals surface area contributed by atoms with Crippen molar-refractivity contribution in [1.29, 1.82) is 0 Å². The predicted molar refractivity (Wildman–Crippen MR) is 135 cm³/mol. The molecule has 37 heavy (non-hydrogen) atoms. The number of hydrogen-bond acceptors (Lipinski definition) is 7. The molecule has 4 heterocycles. The normalized spacial score (nSPS) is 19.4. The van der Waals surface area contributed by atoms with E-state index in [0.717, 1.165) is 6.42 Å². The average molecular weight is 517 g/mol. The lowest BCUT2D eigenvalue weighted by Gasteiger charge is -2.31. The fourth-order valence-electron chi connectivity index (χ4n) is 4.60. The van der Waals surface area contributed by atoms with Crippen LogP contribution in [0.4, 0.5) is 25.1 Å². The van der Waals surface area contributed by atoms with E-state index in [9.17, 15) is 18.4 Å². The molecular weight excluding hydrogens is 482 g/mol. The molecule has 1 N–H and O–H groups in total. The Bertz CT molecular complexity index is 1150. The molecule has 2 amide bonds. The third-order valence-corrected chi connectivity index (χ3v) is 6.36. The number of alkyl halides is 2. The van der Waals surface area contributed by atoms with E-state index < -0.39 is 36.1 Å². The van der Waals surface area contributed by atoms with Gasteiger partial charge in [0.05, 0.1) is 23.8 Å². The van der Waals surface area contributed by atoms with Crippen LogP contribution in [0.2, 0.25) is 0 Å². The molecule has 0 spiro atoms. The van der Waals surface area contributed by atoms with Crippen LogP contribution in [-0.2, 0) is 4.74 Å². The van der Waals surface area contributed by atoms with E-state index in [4.69, 9.17) is 4.74 Å². The van der Waals surface area contributed by atoms with E-state index in [1.807, 2.05) is 13.8 Å². The molecule has 0 aromatic carbocycles. The summed E-state index contributed by atoms with van der Waals surface area (Å²) >= 11 is 0.